The lowest BCUT2D eigenvalue weighted by Gasteiger charge is -2.19. The molecule has 1 aliphatic rings. The maximum atomic E-state index is 12.4. The van der Waals surface area contributed by atoms with Crippen LogP contribution in [0.4, 0.5) is 16.2 Å². The molecule has 1 heterocycles. The van der Waals surface area contributed by atoms with Crippen LogP contribution < -0.4 is 16.0 Å². The number of carbonyl (C=O) groups is 2. The van der Waals surface area contributed by atoms with Crippen LogP contribution in [0.3, 0.4) is 0 Å². The highest BCUT2D eigenvalue weighted by Gasteiger charge is 2.41. The minimum atomic E-state index is -0.914. The normalized spacial score (nSPS) is 15.0. The Kier molecular flexibility index (Phi) is 5.23. The number of nitriles is 1. The third-order valence-electron chi connectivity index (χ3n) is 4.51. The van der Waals surface area contributed by atoms with Gasteiger partial charge in [-0.3, -0.25) is 4.79 Å². The number of rotatable bonds is 5. The predicted octanol–water partition coefficient (Wildman–Crippen LogP) is 3.62. The molecule has 3 N–H and O–H groups in total. The van der Waals surface area contributed by atoms with Gasteiger partial charge in [-0.2, -0.15) is 5.26 Å². The van der Waals surface area contributed by atoms with E-state index in [4.69, 9.17) is 4.42 Å². The van der Waals surface area contributed by atoms with E-state index in [-0.39, 0.29) is 11.9 Å². The van der Waals surface area contributed by atoms with Crippen LogP contribution in [0.2, 0.25) is 0 Å². The summed E-state index contributed by atoms with van der Waals surface area (Å²) in [5, 5.41) is 17.5. The van der Waals surface area contributed by atoms with Gasteiger partial charge in [0.05, 0.1) is 18.9 Å². The van der Waals surface area contributed by atoms with E-state index < -0.39 is 5.41 Å². The lowest BCUT2D eigenvalue weighted by Crippen LogP contribution is -2.32. The van der Waals surface area contributed by atoms with Crippen molar-refractivity contribution in [2.45, 2.75) is 32.2 Å². The van der Waals surface area contributed by atoms with Crippen molar-refractivity contribution in [3.05, 3.63) is 48.4 Å². The fourth-order valence-electron chi connectivity index (χ4n) is 3.01. The van der Waals surface area contributed by atoms with Gasteiger partial charge in [0, 0.05) is 11.4 Å². The number of carbonyl (C=O) groups excluding carboxylic acids is 2. The van der Waals surface area contributed by atoms with Crippen LogP contribution in [0.5, 0.6) is 0 Å². The first-order chi connectivity index (χ1) is 12.6. The van der Waals surface area contributed by atoms with E-state index in [1.54, 1.807) is 42.7 Å². The molecule has 0 aliphatic heterocycles. The average Bonchev–Trinajstić information content (AvgIpc) is 3.34. The van der Waals surface area contributed by atoms with Crippen LogP contribution in [0.15, 0.2) is 47.1 Å². The van der Waals surface area contributed by atoms with Crippen LogP contribution in [-0.2, 0) is 11.3 Å². The van der Waals surface area contributed by atoms with E-state index >= 15 is 0 Å². The summed E-state index contributed by atoms with van der Waals surface area (Å²) in [6, 6.07) is 12.1. The minimum absolute atomic E-state index is 0.255. The predicted molar refractivity (Wildman–Crippen MR) is 96.2 cm³/mol. The maximum absolute atomic E-state index is 12.4. The van der Waals surface area contributed by atoms with Gasteiger partial charge in [0.2, 0.25) is 5.91 Å². The van der Waals surface area contributed by atoms with Gasteiger partial charge in [0.15, 0.2) is 0 Å². The molecule has 3 amide bonds. The first-order valence-corrected chi connectivity index (χ1v) is 8.51. The van der Waals surface area contributed by atoms with Gasteiger partial charge in [-0.1, -0.05) is 12.8 Å². The molecule has 1 aromatic heterocycles. The smallest absolute Gasteiger partial charge is 0.319 e. The fraction of sp³-hybridized carbons (Fsp3) is 0.316. The Morgan fingerprint density at radius 3 is 2.31 bits per heavy atom. The first kappa shape index (κ1) is 17.5. The molecule has 1 fully saturated rings. The van der Waals surface area contributed by atoms with Crippen molar-refractivity contribution in [3.63, 3.8) is 0 Å². The zero-order valence-electron chi connectivity index (χ0n) is 14.2. The van der Waals surface area contributed by atoms with Crippen molar-refractivity contribution < 1.29 is 14.0 Å². The summed E-state index contributed by atoms with van der Waals surface area (Å²) in [5.41, 5.74) is 0.275. The molecule has 1 saturated carbocycles. The Morgan fingerprint density at radius 2 is 1.73 bits per heavy atom. The van der Waals surface area contributed by atoms with Gasteiger partial charge >= 0.3 is 6.03 Å². The van der Waals surface area contributed by atoms with Gasteiger partial charge in [-0.05, 0) is 49.2 Å². The number of nitrogens with one attached hydrogen (secondary N) is 3. The third kappa shape index (κ3) is 4.03. The number of urea groups is 1. The summed E-state index contributed by atoms with van der Waals surface area (Å²) in [6.07, 6.45) is 4.55. The number of benzene rings is 1. The first-order valence-electron chi connectivity index (χ1n) is 8.51. The van der Waals surface area contributed by atoms with Crippen molar-refractivity contribution in [2.75, 3.05) is 10.6 Å². The third-order valence-corrected chi connectivity index (χ3v) is 4.51. The Bertz CT molecular complexity index is 800. The molecule has 0 spiro atoms. The van der Waals surface area contributed by atoms with Crippen LogP contribution in [0, 0.1) is 16.7 Å². The lowest BCUT2D eigenvalue weighted by molar-refractivity contribution is -0.122. The largest absolute Gasteiger partial charge is 0.467 e. The molecule has 0 bridgehead atoms. The number of amides is 3. The summed E-state index contributed by atoms with van der Waals surface area (Å²) in [7, 11) is 0. The zero-order chi connectivity index (χ0) is 18.4. The van der Waals surface area contributed by atoms with E-state index in [2.05, 4.69) is 22.0 Å². The molecule has 2 aromatic rings. The van der Waals surface area contributed by atoms with Crippen molar-refractivity contribution >= 4 is 23.3 Å². The Labute approximate surface area is 151 Å². The highest BCUT2D eigenvalue weighted by atomic mass is 16.3. The van der Waals surface area contributed by atoms with Crippen molar-refractivity contribution in [2.24, 2.45) is 5.41 Å². The van der Waals surface area contributed by atoms with Crippen LogP contribution in [0.25, 0.3) is 0 Å². The Morgan fingerprint density at radius 1 is 1.08 bits per heavy atom. The second-order valence-electron chi connectivity index (χ2n) is 6.32. The van der Waals surface area contributed by atoms with Crippen molar-refractivity contribution in [3.8, 4) is 6.07 Å². The molecular weight excluding hydrogens is 332 g/mol. The lowest BCUT2D eigenvalue weighted by atomic mass is 9.87. The molecule has 1 aliphatic carbocycles. The summed E-state index contributed by atoms with van der Waals surface area (Å²) >= 11 is 0. The van der Waals surface area contributed by atoms with Crippen LogP contribution in [-0.4, -0.2) is 11.9 Å². The van der Waals surface area contributed by atoms with Crippen LogP contribution >= 0.6 is 0 Å². The van der Waals surface area contributed by atoms with Gasteiger partial charge in [0.1, 0.15) is 11.2 Å². The molecule has 7 nitrogen and oxygen atoms in total. The van der Waals surface area contributed by atoms with E-state index in [9.17, 15) is 14.9 Å². The van der Waals surface area contributed by atoms with Gasteiger partial charge < -0.3 is 20.4 Å². The molecule has 0 unspecified atom stereocenters. The van der Waals surface area contributed by atoms with Gasteiger partial charge in [0.25, 0.3) is 0 Å². The molecule has 7 heteroatoms. The standard InChI is InChI=1S/C19H20N4O3/c20-13-19(9-1-2-10-19)17(24)22-14-5-7-15(8-6-14)23-18(25)21-12-16-4-3-11-26-16/h3-8,11H,1-2,9-10,12H2,(H,22,24)(H2,21,23,25). The van der Waals surface area contributed by atoms with Gasteiger partial charge in [-0.15, -0.1) is 0 Å². The summed E-state index contributed by atoms with van der Waals surface area (Å²) in [5.74, 6) is 0.408. The summed E-state index contributed by atoms with van der Waals surface area (Å²) in [6.45, 7) is 0.295. The van der Waals surface area contributed by atoms with E-state index in [0.717, 1.165) is 12.8 Å². The molecule has 26 heavy (non-hydrogen) atoms. The number of hydrogen-bond donors (Lipinski definition) is 3. The second kappa shape index (κ2) is 7.74. The number of hydrogen-bond acceptors (Lipinski definition) is 4. The quantitative estimate of drug-likeness (QED) is 0.764. The molecular formula is C19H20N4O3. The highest BCUT2D eigenvalue weighted by molar-refractivity contribution is 5.97. The molecule has 3 rings (SSSR count). The summed E-state index contributed by atoms with van der Waals surface area (Å²) in [4.78, 5) is 24.3. The monoisotopic (exact) mass is 352 g/mol. The Balaban J connectivity index is 1.52. The fourth-order valence-corrected chi connectivity index (χ4v) is 3.01. The topological polar surface area (TPSA) is 107 Å². The average molecular weight is 352 g/mol. The van der Waals surface area contributed by atoms with E-state index in [1.165, 1.54) is 0 Å². The molecule has 0 saturated heterocycles. The minimum Gasteiger partial charge on any atom is -0.467 e. The number of anilines is 2. The molecule has 0 atom stereocenters. The zero-order valence-corrected chi connectivity index (χ0v) is 14.2. The second-order valence-corrected chi connectivity index (χ2v) is 6.32. The maximum Gasteiger partial charge on any atom is 0.319 e. The molecule has 0 radical (unpaired) electrons. The highest BCUT2D eigenvalue weighted by Crippen LogP contribution is 2.38. The SMILES string of the molecule is N#CC1(C(=O)Nc2ccc(NC(=O)NCc3ccco3)cc2)CCCC1. The number of furan rings is 1. The van der Waals surface area contributed by atoms with Crippen molar-refractivity contribution in [1.29, 1.82) is 5.26 Å². The van der Waals surface area contributed by atoms with Gasteiger partial charge in [-0.25, -0.2) is 4.79 Å². The van der Waals surface area contributed by atoms with Crippen molar-refractivity contribution in [1.82, 2.24) is 5.32 Å². The van der Waals surface area contributed by atoms with E-state index in [0.29, 0.717) is 36.5 Å². The number of nitrogens with zero attached hydrogens (tertiary/aromatic N) is 1. The Hall–Kier alpha value is -3.27. The van der Waals surface area contributed by atoms with E-state index in [1.807, 2.05) is 0 Å². The summed E-state index contributed by atoms with van der Waals surface area (Å²) < 4.78 is 5.14. The molecule has 1 aromatic carbocycles. The molecule has 134 valence electrons. The van der Waals surface area contributed by atoms with Crippen LogP contribution in [0.1, 0.15) is 31.4 Å².